The van der Waals surface area contributed by atoms with Crippen molar-refractivity contribution < 1.29 is 14.3 Å². The van der Waals surface area contributed by atoms with Crippen molar-refractivity contribution in [1.82, 2.24) is 9.97 Å². The van der Waals surface area contributed by atoms with Crippen LogP contribution < -0.4 is 4.74 Å². The van der Waals surface area contributed by atoms with Crippen LogP contribution in [-0.4, -0.2) is 22.5 Å². The Balaban J connectivity index is 1.72. The molecule has 2 aromatic heterocycles. The first-order valence-corrected chi connectivity index (χ1v) is 8.39. The maximum absolute atomic E-state index is 12.1. The standard InChI is InChI=1S/C18H16N2O3S/c1-2-22-14-8-6-13(7-9-14)16-4-3-5-17(20-16)18(21)23-11-15-10-19-12-24-15/h3-10,12H,2,11H2,1H3. The number of rotatable bonds is 6. The first-order valence-electron chi connectivity index (χ1n) is 7.51. The molecule has 122 valence electrons. The molecule has 24 heavy (non-hydrogen) atoms. The van der Waals surface area contributed by atoms with Gasteiger partial charge in [-0.2, -0.15) is 0 Å². The van der Waals surface area contributed by atoms with Crippen LogP contribution >= 0.6 is 11.3 Å². The largest absolute Gasteiger partial charge is 0.494 e. The Morgan fingerprint density at radius 1 is 1.17 bits per heavy atom. The lowest BCUT2D eigenvalue weighted by molar-refractivity contribution is 0.0470. The summed E-state index contributed by atoms with van der Waals surface area (Å²) in [4.78, 5) is 21.4. The summed E-state index contributed by atoms with van der Waals surface area (Å²) in [6.07, 6.45) is 1.68. The molecule has 3 aromatic rings. The molecule has 0 bridgehead atoms. The van der Waals surface area contributed by atoms with Gasteiger partial charge in [0.2, 0.25) is 0 Å². The van der Waals surface area contributed by atoms with Gasteiger partial charge in [0.1, 0.15) is 18.1 Å². The van der Waals surface area contributed by atoms with Gasteiger partial charge in [-0.3, -0.25) is 4.98 Å². The van der Waals surface area contributed by atoms with Gasteiger partial charge in [0.15, 0.2) is 0 Å². The fraction of sp³-hybridized carbons (Fsp3) is 0.167. The average Bonchev–Trinajstić information content (AvgIpc) is 3.14. The normalized spacial score (nSPS) is 10.4. The van der Waals surface area contributed by atoms with E-state index in [0.717, 1.165) is 16.2 Å². The molecule has 0 amide bonds. The minimum Gasteiger partial charge on any atom is -0.494 e. The van der Waals surface area contributed by atoms with Crippen LogP contribution in [0, 0.1) is 0 Å². The molecular formula is C18H16N2O3S. The van der Waals surface area contributed by atoms with E-state index >= 15 is 0 Å². The second-order valence-corrected chi connectivity index (χ2v) is 5.88. The van der Waals surface area contributed by atoms with Gasteiger partial charge in [-0.25, -0.2) is 9.78 Å². The number of ether oxygens (including phenoxy) is 2. The molecule has 0 atom stereocenters. The van der Waals surface area contributed by atoms with Crippen LogP contribution in [0.15, 0.2) is 54.2 Å². The quantitative estimate of drug-likeness (QED) is 0.636. The number of esters is 1. The van der Waals surface area contributed by atoms with Crippen molar-refractivity contribution >= 4 is 17.3 Å². The zero-order chi connectivity index (χ0) is 16.8. The van der Waals surface area contributed by atoms with Crippen molar-refractivity contribution in [1.29, 1.82) is 0 Å². The summed E-state index contributed by atoms with van der Waals surface area (Å²) in [5.74, 6) is 0.359. The first kappa shape index (κ1) is 16.1. The SMILES string of the molecule is CCOc1ccc(-c2cccc(C(=O)OCc3cncs3)n2)cc1. The first-order chi connectivity index (χ1) is 11.8. The maximum atomic E-state index is 12.1. The van der Waals surface area contributed by atoms with E-state index in [4.69, 9.17) is 9.47 Å². The minimum atomic E-state index is -0.448. The molecule has 0 N–H and O–H groups in total. The molecule has 6 heteroatoms. The third-order valence-corrected chi connectivity index (χ3v) is 4.00. The number of thiazole rings is 1. The minimum absolute atomic E-state index is 0.207. The summed E-state index contributed by atoms with van der Waals surface area (Å²) >= 11 is 1.44. The summed E-state index contributed by atoms with van der Waals surface area (Å²) < 4.78 is 10.7. The van der Waals surface area contributed by atoms with Crippen molar-refractivity contribution in [2.75, 3.05) is 6.61 Å². The Morgan fingerprint density at radius 3 is 2.71 bits per heavy atom. The Labute approximate surface area is 143 Å². The molecule has 1 aromatic carbocycles. The van der Waals surface area contributed by atoms with Gasteiger partial charge in [0.25, 0.3) is 0 Å². The zero-order valence-corrected chi connectivity index (χ0v) is 14.0. The zero-order valence-electron chi connectivity index (χ0n) is 13.1. The lowest BCUT2D eigenvalue weighted by Gasteiger charge is -2.07. The van der Waals surface area contributed by atoms with Gasteiger partial charge in [0, 0.05) is 11.8 Å². The molecule has 3 rings (SSSR count). The number of carbonyl (C=O) groups is 1. The number of pyridine rings is 1. The average molecular weight is 340 g/mol. The summed E-state index contributed by atoms with van der Waals surface area (Å²) in [6.45, 7) is 2.77. The summed E-state index contributed by atoms with van der Waals surface area (Å²) in [7, 11) is 0. The Kier molecular flexibility index (Phi) is 5.18. The number of benzene rings is 1. The molecule has 0 radical (unpaired) electrons. The van der Waals surface area contributed by atoms with Gasteiger partial charge >= 0.3 is 5.97 Å². The fourth-order valence-electron chi connectivity index (χ4n) is 2.12. The molecule has 0 saturated carbocycles. The molecule has 0 spiro atoms. The van der Waals surface area contributed by atoms with E-state index in [-0.39, 0.29) is 12.3 Å². The second kappa shape index (κ2) is 7.70. The molecule has 0 aliphatic rings. The highest BCUT2D eigenvalue weighted by Crippen LogP contribution is 2.21. The van der Waals surface area contributed by atoms with E-state index in [9.17, 15) is 4.79 Å². The number of carbonyl (C=O) groups excluding carboxylic acids is 1. The van der Waals surface area contributed by atoms with Gasteiger partial charge in [0.05, 0.1) is 22.7 Å². The van der Waals surface area contributed by atoms with Crippen molar-refractivity contribution in [3.05, 3.63) is 64.7 Å². The van der Waals surface area contributed by atoms with Gasteiger partial charge in [-0.1, -0.05) is 6.07 Å². The van der Waals surface area contributed by atoms with Crippen LogP contribution in [0.5, 0.6) is 5.75 Å². The van der Waals surface area contributed by atoms with Crippen LogP contribution in [0.25, 0.3) is 11.3 Å². The molecular weight excluding hydrogens is 324 g/mol. The molecule has 0 fully saturated rings. The predicted molar refractivity (Wildman–Crippen MR) is 92.1 cm³/mol. The van der Waals surface area contributed by atoms with E-state index in [2.05, 4.69) is 9.97 Å². The Morgan fingerprint density at radius 2 is 2.00 bits per heavy atom. The highest BCUT2D eigenvalue weighted by atomic mass is 32.1. The molecule has 2 heterocycles. The van der Waals surface area contributed by atoms with E-state index in [1.807, 2.05) is 37.3 Å². The number of nitrogens with zero attached hydrogens (tertiary/aromatic N) is 2. The summed E-state index contributed by atoms with van der Waals surface area (Å²) in [5.41, 5.74) is 3.61. The molecule has 0 aliphatic carbocycles. The van der Waals surface area contributed by atoms with Crippen molar-refractivity contribution in [2.45, 2.75) is 13.5 Å². The lowest BCUT2D eigenvalue weighted by Crippen LogP contribution is -2.07. The highest BCUT2D eigenvalue weighted by Gasteiger charge is 2.11. The van der Waals surface area contributed by atoms with Crippen molar-refractivity contribution in [3.8, 4) is 17.0 Å². The Hall–Kier alpha value is -2.73. The molecule has 0 unspecified atom stereocenters. The maximum Gasteiger partial charge on any atom is 0.357 e. The third-order valence-electron chi connectivity index (χ3n) is 3.25. The van der Waals surface area contributed by atoms with Crippen LogP contribution in [0.1, 0.15) is 22.3 Å². The monoisotopic (exact) mass is 340 g/mol. The van der Waals surface area contributed by atoms with Crippen LogP contribution in [-0.2, 0) is 11.3 Å². The van der Waals surface area contributed by atoms with Crippen molar-refractivity contribution in [3.63, 3.8) is 0 Å². The van der Waals surface area contributed by atoms with E-state index < -0.39 is 5.97 Å². The highest BCUT2D eigenvalue weighted by molar-refractivity contribution is 7.09. The number of hydrogen-bond donors (Lipinski definition) is 0. The summed E-state index contributed by atoms with van der Waals surface area (Å²) in [5, 5.41) is 0. The molecule has 0 saturated heterocycles. The number of aromatic nitrogens is 2. The van der Waals surface area contributed by atoms with Gasteiger partial charge in [-0.05, 0) is 43.3 Å². The summed E-state index contributed by atoms with van der Waals surface area (Å²) in [6, 6.07) is 12.9. The van der Waals surface area contributed by atoms with Crippen LogP contribution in [0.3, 0.4) is 0 Å². The van der Waals surface area contributed by atoms with Crippen LogP contribution in [0.4, 0.5) is 0 Å². The molecule has 5 nitrogen and oxygen atoms in total. The van der Waals surface area contributed by atoms with E-state index in [0.29, 0.717) is 12.3 Å². The topological polar surface area (TPSA) is 61.3 Å². The lowest BCUT2D eigenvalue weighted by atomic mass is 10.1. The second-order valence-electron chi connectivity index (χ2n) is 4.91. The third kappa shape index (κ3) is 3.97. The number of hydrogen-bond acceptors (Lipinski definition) is 6. The van der Waals surface area contributed by atoms with Gasteiger partial charge < -0.3 is 9.47 Å². The van der Waals surface area contributed by atoms with Gasteiger partial charge in [-0.15, -0.1) is 11.3 Å². The van der Waals surface area contributed by atoms with E-state index in [1.165, 1.54) is 11.3 Å². The smallest absolute Gasteiger partial charge is 0.357 e. The molecule has 0 aliphatic heterocycles. The Bertz CT molecular complexity index is 801. The van der Waals surface area contributed by atoms with Crippen molar-refractivity contribution in [2.24, 2.45) is 0 Å². The van der Waals surface area contributed by atoms with Crippen LogP contribution in [0.2, 0.25) is 0 Å². The van der Waals surface area contributed by atoms with E-state index in [1.54, 1.807) is 23.8 Å². The fourth-order valence-corrected chi connectivity index (χ4v) is 2.63. The predicted octanol–water partition coefficient (Wildman–Crippen LogP) is 3.96.